The Morgan fingerprint density at radius 2 is 1.03 bits per heavy atom. The van der Waals surface area contributed by atoms with Crippen molar-refractivity contribution in [1.82, 2.24) is 10.6 Å². The Bertz CT molecular complexity index is 1340. The maximum Gasteiger partial charge on any atom is 0.294 e. The van der Waals surface area contributed by atoms with E-state index in [1.54, 1.807) is 66.7 Å². The van der Waals surface area contributed by atoms with Gasteiger partial charge in [-0.25, -0.2) is 0 Å². The van der Waals surface area contributed by atoms with Gasteiger partial charge in [-0.2, -0.15) is 0 Å². The minimum Gasteiger partial charge on any atom is -0.457 e. The molecule has 0 bridgehead atoms. The highest BCUT2D eigenvalue weighted by atomic mass is 32.1. The minimum atomic E-state index is -0.372. The van der Waals surface area contributed by atoms with Crippen molar-refractivity contribution in [3.63, 3.8) is 0 Å². The lowest BCUT2D eigenvalue weighted by Crippen LogP contribution is -2.18. The molecule has 8 nitrogen and oxygen atoms in total. The molecule has 0 atom stereocenters. The number of carbonyl (C=O) groups excluding carboxylic acids is 2. The van der Waals surface area contributed by atoms with E-state index in [0.717, 1.165) is 11.1 Å². The molecule has 36 heavy (non-hydrogen) atoms. The summed E-state index contributed by atoms with van der Waals surface area (Å²) in [6.45, 7) is 0. The van der Waals surface area contributed by atoms with Gasteiger partial charge in [0.1, 0.15) is 23.0 Å². The molecule has 2 N–H and O–H groups in total. The van der Waals surface area contributed by atoms with Crippen LogP contribution >= 0.6 is 24.4 Å². The zero-order valence-electron chi connectivity index (χ0n) is 18.3. The number of benzene rings is 3. The predicted octanol–water partition coefficient (Wildman–Crippen LogP) is 4.82. The number of thiocarbonyl (C=S) groups is 2. The lowest BCUT2D eigenvalue weighted by molar-refractivity contribution is -0.117. The van der Waals surface area contributed by atoms with Crippen molar-refractivity contribution in [1.29, 1.82) is 0 Å². The fourth-order valence-corrected chi connectivity index (χ4v) is 3.65. The fraction of sp³-hybridized carbons (Fsp3) is 0. The summed E-state index contributed by atoms with van der Waals surface area (Å²) >= 11 is 9.65. The van der Waals surface area contributed by atoms with Gasteiger partial charge in [0, 0.05) is 6.07 Å². The number of hydrogen-bond donors (Lipinski definition) is 2. The Morgan fingerprint density at radius 3 is 1.39 bits per heavy atom. The summed E-state index contributed by atoms with van der Waals surface area (Å²) in [5.41, 5.74) is 1.52. The molecule has 5 rings (SSSR count). The van der Waals surface area contributed by atoms with Crippen molar-refractivity contribution >= 4 is 58.8 Å². The van der Waals surface area contributed by atoms with Gasteiger partial charge in [-0.05, 0) is 84.1 Å². The van der Waals surface area contributed by atoms with E-state index >= 15 is 0 Å². The topological polar surface area (TPSA) is 95.1 Å². The minimum absolute atomic E-state index is 0.0411. The van der Waals surface area contributed by atoms with Crippen molar-refractivity contribution in [2.75, 3.05) is 0 Å². The number of hydrogen-bond acceptors (Lipinski definition) is 8. The second-order valence-corrected chi connectivity index (χ2v) is 8.26. The normalized spacial score (nSPS) is 17.0. The molecule has 10 heteroatoms. The first-order valence-corrected chi connectivity index (χ1v) is 11.4. The maximum atomic E-state index is 11.7. The van der Waals surface area contributed by atoms with E-state index in [1.807, 2.05) is 18.2 Å². The van der Waals surface area contributed by atoms with E-state index in [1.165, 1.54) is 0 Å². The van der Waals surface area contributed by atoms with Crippen LogP contribution in [0.3, 0.4) is 0 Å². The van der Waals surface area contributed by atoms with E-state index in [-0.39, 0.29) is 33.7 Å². The van der Waals surface area contributed by atoms with Crippen molar-refractivity contribution in [3.05, 3.63) is 95.4 Å². The third kappa shape index (κ3) is 5.57. The van der Waals surface area contributed by atoms with Gasteiger partial charge < -0.3 is 18.9 Å². The third-order valence-corrected chi connectivity index (χ3v) is 5.29. The number of rotatable bonds is 6. The van der Waals surface area contributed by atoms with Gasteiger partial charge in [0.25, 0.3) is 22.2 Å². The van der Waals surface area contributed by atoms with E-state index in [4.69, 9.17) is 43.4 Å². The smallest absolute Gasteiger partial charge is 0.294 e. The molecule has 2 saturated heterocycles. The Kier molecular flexibility index (Phi) is 6.44. The molecule has 0 spiro atoms. The van der Waals surface area contributed by atoms with Crippen LogP contribution in [0.1, 0.15) is 11.1 Å². The second kappa shape index (κ2) is 9.98. The van der Waals surface area contributed by atoms with Crippen LogP contribution in [0.15, 0.2) is 84.3 Å². The monoisotopic (exact) mass is 516 g/mol. The summed E-state index contributed by atoms with van der Waals surface area (Å²) in [5, 5.41) is 4.91. The van der Waals surface area contributed by atoms with E-state index in [0.29, 0.717) is 23.0 Å². The highest BCUT2D eigenvalue weighted by molar-refractivity contribution is 7.80. The van der Waals surface area contributed by atoms with Gasteiger partial charge in [0.15, 0.2) is 11.5 Å². The molecule has 0 aliphatic carbocycles. The Labute approximate surface area is 216 Å². The Balaban J connectivity index is 1.22. The molecule has 2 amide bonds. The molecule has 0 unspecified atom stereocenters. The molecule has 2 aliphatic rings. The van der Waals surface area contributed by atoms with Gasteiger partial charge in [0.2, 0.25) is 0 Å². The maximum absolute atomic E-state index is 11.7. The van der Waals surface area contributed by atoms with Crippen molar-refractivity contribution in [2.24, 2.45) is 0 Å². The van der Waals surface area contributed by atoms with Crippen LogP contribution in [0.25, 0.3) is 12.2 Å². The standard InChI is InChI=1S/C26H16N2O6S2/c29-23-21(33-25(35)27-23)12-15-4-8-17(9-5-15)31-19-2-1-3-20(14-19)32-18-10-6-16(7-11-18)13-22-24(30)28-26(36)34-22/h1-14H,(H,27,29,35)(H,28,30,36)/b21-12+,22-13+. The molecule has 2 aliphatic heterocycles. The van der Waals surface area contributed by atoms with Crippen molar-refractivity contribution < 1.29 is 28.5 Å². The number of nitrogens with one attached hydrogen (secondary N) is 2. The summed E-state index contributed by atoms with van der Waals surface area (Å²) < 4.78 is 22.2. The third-order valence-electron chi connectivity index (χ3n) is 4.92. The van der Waals surface area contributed by atoms with Crippen molar-refractivity contribution in [2.45, 2.75) is 0 Å². The molecule has 2 heterocycles. The Morgan fingerprint density at radius 1 is 0.611 bits per heavy atom. The fourth-order valence-electron chi connectivity index (χ4n) is 3.28. The summed E-state index contributed by atoms with van der Waals surface area (Å²) in [6, 6.07) is 21.5. The second-order valence-electron chi connectivity index (χ2n) is 7.52. The largest absolute Gasteiger partial charge is 0.457 e. The molecule has 3 aromatic rings. The van der Waals surface area contributed by atoms with Crippen LogP contribution in [0.5, 0.6) is 23.0 Å². The van der Waals surface area contributed by atoms with Crippen LogP contribution < -0.4 is 20.1 Å². The highest BCUT2D eigenvalue weighted by Gasteiger charge is 2.23. The highest BCUT2D eigenvalue weighted by Crippen LogP contribution is 2.29. The Hall–Kier alpha value is -4.54. The van der Waals surface area contributed by atoms with Gasteiger partial charge in [-0.15, -0.1) is 0 Å². The number of ether oxygens (including phenoxy) is 4. The zero-order valence-corrected chi connectivity index (χ0v) is 20.0. The summed E-state index contributed by atoms with van der Waals surface area (Å²) in [5.74, 6) is 1.93. The molecule has 0 radical (unpaired) electrons. The van der Waals surface area contributed by atoms with Gasteiger partial charge in [-0.3, -0.25) is 20.2 Å². The average molecular weight is 517 g/mol. The first kappa shape index (κ1) is 23.2. The van der Waals surface area contributed by atoms with E-state index < -0.39 is 0 Å². The average Bonchev–Trinajstić information content (AvgIpc) is 3.34. The van der Waals surface area contributed by atoms with E-state index in [9.17, 15) is 9.59 Å². The van der Waals surface area contributed by atoms with Crippen LogP contribution in [0.2, 0.25) is 0 Å². The van der Waals surface area contributed by atoms with Crippen LogP contribution in [0.4, 0.5) is 0 Å². The molecule has 3 aromatic carbocycles. The van der Waals surface area contributed by atoms with Gasteiger partial charge in [-0.1, -0.05) is 30.3 Å². The lowest BCUT2D eigenvalue weighted by Gasteiger charge is -2.10. The quantitative estimate of drug-likeness (QED) is 0.356. The zero-order chi connectivity index (χ0) is 25.1. The van der Waals surface area contributed by atoms with Crippen LogP contribution in [-0.4, -0.2) is 22.2 Å². The van der Waals surface area contributed by atoms with E-state index in [2.05, 4.69) is 10.6 Å². The molecule has 178 valence electrons. The molecular weight excluding hydrogens is 500 g/mol. The first-order valence-electron chi connectivity index (χ1n) is 10.6. The summed E-state index contributed by atoms with van der Waals surface area (Å²) in [7, 11) is 0. The van der Waals surface area contributed by atoms with Crippen LogP contribution in [-0.2, 0) is 19.1 Å². The van der Waals surface area contributed by atoms with Gasteiger partial charge >= 0.3 is 0 Å². The predicted molar refractivity (Wildman–Crippen MR) is 139 cm³/mol. The molecule has 0 saturated carbocycles. The molecule has 0 aromatic heterocycles. The summed E-state index contributed by atoms with van der Waals surface area (Å²) in [4.78, 5) is 23.4. The lowest BCUT2D eigenvalue weighted by atomic mass is 10.2. The first-order chi connectivity index (χ1) is 17.4. The molecular formula is C26H16N2O6S2. The number of carbonyl (C=O) groups is 2. The van der Waals surface area contributed by atoms with Crippen LogP contribution in [0, 0.1) is 0 Å². The molecule has 2 fully saturated rings. The summed E-state index contributed by atoms with van der Waals surface area (Å²) in [6.07, 6.45) is 3.19. The number of amides is 2. The SMILES string of the molecule is O=C1NC(=S)O/C1=C/c1ccc(Oc2cccc(Oc3ccc(/C=C4/OC(=S)NC4=O)cc3)c2)cc1. The van der Waals surface area contributed by atoms with Gasteiger partial charge in [0.05, 0.1) is 0 Å². The van der Waals surface area contributed by atoms with Crippen molar-refractivity contribution in [3.8, 4) is 23.0 Å².